The standard InChI is InChI=1S/C23H34N4O3/c1-17(2)21(25-23(30)24-19-10-4-3-5-11-19)22(29)27-14-12-26(13-15-27)20(28)16-18-8-6-7-9-18/h3-5,10-11,17-18,21H,6-9,12-16H2,1-2H3,(H2,24,25,30). The van der Waals surface area contributed by atoms with Gasteiger partial charge in [0.2, 0.25) is 11.8 Å². The van der Waals surface area contributed by atoms with Gasteiger partial charge in [-0.15, -0.1) is 0 Å². The second-order valence-corrected chi connectivity index (χ2v) is 8.75. The highest BCUT2D eigenvalue weighted by Gasteiger charge is 2.32. The van der Waals surface area contributed by atoms with Crippen LogP contribution < -0.4 is 10.6 Å². The molecule has 0 bridgehead atoms. The van der Waals surface area contributed by atoms with E-state index < -0.39 is 12.1 Å². The third-order valence-electron chi connectivity index (χ3n) is 6.13. The fraction of sp³-hybridized carbons (Fsp3) is 0.609. The molecule has 0 radical (unpaired) electrons. The average molecular weight is 415 g/mol. The van der Waals surface area contributed by atoms with Gasteiger partial charge >= 0.3 is 6.03 Å². The van der Waals surface area contributed by atoms with Crippen molar-refractivity contribution < 1.29 is 14.4 Å². The number of carbonyl (C=O) groups is 3. The molecule has 2 aliphatic rings. The number of para-hydroxylation sites is 1. The normalized spacial score (nSPS) is 18.4. The van der Waals surface area contributed by atoms with Gasteiger partial charge < -0.3 is 20.4 Å². The van der Waals surface area contributed by atoms with Crippen molar-refractivity contribution in [2.75, 3.05) is 31.5 Å². The second-order valence-electron chi connectivity index (χ2n) is 8.75. The van der Waals surface area contributed by atoms with Gasteiger partial charge in [0, 0.05) is 38.3 Å². The highest BCUT2D eigenvalue weighted by Crippen LogP contribution is 2.28. The first kappa shape index (κ1) is 22.1. The Bertz CT molecular complexity index is 723. The van der Waals surface area contributed by atoms with Crippen molar-refractivity contribution >= 4 is 23.5 Å². The second kappa shape index (κ2) is 10.5. The average Bonchev–Trinajstić information content (AvgIpc) is 3.25. The van der Waals surface area contributed by atoms with Crippen LogP contribution in [0.5, 0.6) is 0 Å². The van der Waals surface area contributed by atoms with Crippen LogP contribution in [0.2, 0.25) is 0 Å². The molecule has 1 unspecified atom stereocenters. The molecule has 4 amide bonds. The molecule has 1 aliphatic carbocycles. The lowest BCUT2D eigenvalue weighted by Gasteiger charge is -2.37. The SMILES string of the molecule is CC(C)C(NC(=O)Nc1ccccc1)C(=O)N1CCN(C(=O)CC2CCCC2)CC1. The molecular formula is C23H34N4O3. The number of urea groups is 1. The summed E-state index contributed by atoms with van der Waals surface area (Å²) in [5, 5.41) is 5.59. The summed E-state index contributed by atoms with van der Waals surface area (Å²) in [6, 6.07) is 8.17. The molecule has 1 atom stereocenters. The van der Waals surface area contributed by atoms with Gasteiger partial charge in [0.15, 0.2) is 0 Å². The van der Waals surface area contributed by atoms with Crippen LogP contribution in [0.3, 0.4) is 0 Å². The Balaban J connectivity index is 1.49. The van der Waals surface area contributed by atoms with Gasteiger partial charge in [-0.05, 0) is 36.8 Å². The lowest BCUT2D eigenvalue weighted by Crippen LogP contribution is -2.57. The van der Waals surface area contributed by atoms with Crippen LogP contribution in [-0.4, -0.2) is 59.9 Å². The Kier molecular flexibility index (Phi) is 7.71. The molecule has 0 aromatic heterocycles. The fourth-order valence-electron chi connectivity index (χ4n) is 4.31. The summed E-state index contributed by atoms with van der Waals surface area (Å²) < 4.78 is 0. The van der Waals surface area contributed by atoms with Crippen LogP contribution in [0.4, 0.5) is 10.5 Å². The number of nitrogens with zero attached hydrogens (tertiary/aromatic N) is 2. The summed E-state index contributed by atoms with van der Waals surface area (Å²) in [5.74, 6) is 0.627. The number of hydrogen-bond acceptors (Lipinski definition) is 3. The van der Waals surface area contributed by atoms with Gasteiger partial charge in [-0.2, -0.15) is 0 Å². The number of nitrogens with one attached hydrogen (secondary N) is 2. The minimum absolute atomic E-state index is 0.0407. The molecule has 7 heteroatoms. The van der Waals surface area contributed by atoms with Crippen molar-refractivity contribution in [1.29, 1.82) is 0 Å². The van der Waals surface area contributed by atoms with Crippen molar-refractivity contribution in [3.63, 3.8) is 0 Å². The van der Waals surface area contributed by atoms with Crippen LogP contribution in [0.25, 0.3) is 0 Å². The maximum Gasteiger partial charge on any atom is 0.319 e. The van der Waals surface area contributed by atoms with Gasteiger partial charge in [-0.25, -0.2) is 4.79 Å². The zero-order valence-corrected chi connectivity index (χ0v) is 18.1. The summed E-state index contributed by atoms with van der Waals surface area (Å²) in [6.07, 6.45) is 5.45. The topological polar surface area (TPSA) is 81.8 Å². The van der Waals surface area contributed by atoms with E-state index in [9.17, 15) is 14.4 Å². The molecule has 1 aromatic carbocycles. The van der Waals surface area contributed by atoms with E-state index in [1.165, 1.54) is 12.8 Å². The zero-order chi connectivity index (χ0) is 21.5. The monoisotopic (exact) mass is 414 g/mol. The number of benzene rings is 1. The van der Waals surface area contributed by atoms with Gasteiger partial charge in [0.05, 0.1) is 0 Å². The fourth-order valence-corrected chi connectivity index (χ4v) is 4.31. The van der Waals surface area contributed by atoms with E-state index in [1.807, 2.05) is 36.9 Å². The number of carbonyl (C=O) groups excluding carboxylic acids is 3. The van der Waals surface area contributed by atoms with E-state index in [0.29, 0.717) is 44.2 Å². The molecule has 2 fully saturated rings. The number of anilines is 1. The number of rotatable bonds is 6. The van der Waals surface area contributed by atoms with E-state index in [1.54, 1.807) is 17.0 Å². The zero-order valence-electron chi connectivity index (χ0n) is 18.1. The van der Waals surface area contributed by atoms with Gasteiger partial charge in [0.25, 0.3) is 0 Å². The van der Waals surface area contributed by atoms with Crippen molar-refractivity contribution in [2.45, 2.75) is 52.0 Å². The summed E-state index contributed by atoms with van der Waals surface area (Å²) in [7, 11) is 0. The maximum atomic E-state index is 13.1. The highest BCUT2D eigenvalue weighted by molar-refractivity contribution is 5.94. The van der Waals surface area contributed by atoms with Gasteiger partial charge in [-0.1, -0.05) is 44.9 Å². The summed E-state index contributed by atoms with van der Waals surface area (Å²) in [6.45, 7) is 6.01. The minimum Gasteiger partial charge on any atom is -0.339 e. The molecule has 2 N–H and O–H groups in total. The largest absolute Gasteiger partial charge is 0.339 e. The summed E-state index contributed by atoms with van der Waals surface area (Å²) in [5.41, 5.74) is 0.680. The van der Waals surface area contributed by atoms with Crippen LogP contribution in [-0.2, 0) is 9.59 Å². The lowest BCUT2D eigenvalue weighted by atomic mass is 10.0. The predicted octanol–water partition coefficient (Wildman–Crippen LogP) is 3.08. The molecule has 0 spiro atoms. The van der Waals surface area contributed by atoms with Crippen molar-refractivity contribution in [2.24, 2.45) is 11.8 Å². The molecule has 30 heavy (non-hydrogen) atoms. The molecule has 1 saturated heterocycles. The Labute approximate surface area is 179 Å². The van der Waals surface area contributed by atoms with E-state index in [-0.39, 0.29) is 17.7 Å². The summed E-state index contributed by atoms with van der Waals surface area (Å²) in [4.78, 5) is 41.6. The third kappa shape index (κ3) is 5.97. The molecule has 7 nitrogen and oxygen atoms in total. The quantitative estimate of drug-likeness (QED) is 0.751. The smallest absolute Gasteiger partial charge is 0.319 e. The van der Waals surface area contributed by atoms with E-state index >= 15 is 0 Å². The predicted molar refractivity (Wildman–Crippen MR) is 117 cm³/mol. The highest BCUT2D eigenvalue weighted by atomic mass is 16.2. The maximum absolute atomic E-state index is 13.1. The Morgan fingerprint density at radius 2 is 1.57 bits per heavy atom. The van der Waals surface area contributed by atoms with Crippen LogP contribution in [0.1, 0.15) is 46.0 Å². The summed E-state index contributed by atoms with van der Waals surface area (Å²) >= 11 is 0. The van der Waals surface area contributed by atoms with Crippen LogP contribution in [0.15, 0.2) is 30.3 Å². The first-order valence-electron chi connectivity index (χ1n) is 11.1. The number of hydrogen-bond donors (Lipinski definition) is 2. The van der Waals surface area contributed by atoms with Crippen molar-refractivity contribution in [3.8, 4) is 0 Å². The Morgan fingerprint density at radius 3 is 2.17 bits per heavy atom. The van der Waals surface area contributed by atoms with Crippen LogP contribution >= 0.6 is 0 Å². The molecule has 3 rings (SSSR count). The van der Waals surface area contributed by atoms with E-state index in [0.717, 1.165) is 12.8 Å². The van der Waals surface area contributed by atoms with Gasteiger partial charge in [-0.3, -0.25) is 9.59 Å². The van der Waals surface area contributed by atoms with E-state index in [2.05, 4.69) is 10.6 Å². The molecular weight excluding hydrogens is 380 g/mol. The van der Waals surface area contributed by atoms with Crippen molar-refractivity contribution in [3.05, 3.63) is 30.3 Å². The minimum atomic E-state index is -0.602. The van der Waals surface area contributed by atoms with E-state index in [4.69, 9.17) is 0 Å². The Hall–Kier alpha value is -2.57. The first-order valence-corrected chi connectivity index (χ1v) is 11.1. The third-order valence-corrected chi connectivity index (χ3v) is 6.13. The molecule has 1 saturated carbocycles. The molecule has 1 heterocycles. The van der Waals surface area contributed by atoms with Crippen LogP contribution in [0, 0.1) is 11.8 Å². The first-order chi connectivity index (χ1) is 14.4. The van der Waals surface area contributed by atoms with Gasteiger partial charge in [0.1, 0.15) is 6.04 Å². The molecule has 1 aliphatic heterocycles. The lowest BCUT2D eigenvalue weighted by molar-refractivity contribution is -0.141. The number of piperazine rings is 1. The molecule has 164 valence electrons. The Morgan fingerprint density at radius 1 is 0.967 bits per heavy atom. The van der Waals surface area contributed by atoms with Crippen molar-refractivity contribution in [1.82, 2.24) is 15.1 Å². The molecule has 1 aromatic rings. The number of amides is 4.